The molecule has 4 nitrogen and oxygen atoms in total. The van der Waals surface area contributed by atoms with Crippen molar-refractivity contribution in [3.8, 4) is 0 Å². The van der Waals surface area contributed by atoms with Crippen LogP contribution in [0.15, 0.2) is 9.64 Å². The molecule has 0 bridgehead atoms. The van der Waals surface area contributed by atoms with Gasteiger partial charge in [0.15, 0.2) is 0 Å². The summed E-state index contributed by atoms with van der Waals surface area (Å²) < 4.78 is 5.44. The van der Waals surface area contributed by atoms with Crippen LogP contribution in [0, 0.1) is 0 Å². The predicted octanol–water partition coefficient (Wildman–Crippen LogP) is 1.42. The van der Waals surface area contributed by atoms with Gasteiger partial charge in [-0.15, -0.1) is 10.2 Å². The zero-order valence-corrected chi connectivity index (χ0v) is 9.02. The molecule has 0 amide bonds. The zero-order chi connectivity index (χ0) is 9.90. The van der Waals surface area contributed by atoms with E-state index in [1.54, 1.807) is 0 Å². The Morgan fingerprint density at radius 1 is 1.38 bits per heavy atom. The Morgan fingerprint density at radius 2 is 2.08 bits per heavy atom. The monoisotopic (exact) mass is 201 g/mol. The highest BCUT2D eigenvalue weighted by Crippen LogP contribution is 2.24. The number of thioether (sulfide) groups is 1. The van der Waals surface area contributed by atoms with Crippen molar-refractivity contribution in [2.24, 2.45) is 5.73 Å². The average molecular weight is 201 g/mol. The van der Waals surface area contributed by atoms with Crippen LogP contribution in [0.1, 0.15) is 26.7 Å². The van der Waals surface area contributed by atoms with Gasteiger partial charge in [0.25, 0.3) is 5.22 Å². The Labute approximate surface area is 82.3 Å². The average Bonchev–Trinajstić information content (AvgIpc) is 2.47. The molecule has 0 aromatic carbocycles. The van der Waals surface area contributed by atoms with Gasteiger partial charge in [-0.3, -0.25) is 0 Å². The lowest BCUT2D eigenvalue weighted by molar-refractivity contribution is 0.347. The van der Waals surface area contributed by atoms with Crippen LogP contribution in [0.25, 0.3) is 0 Å². The molecule has 0 saturated carbocycles. The van der Waals surface area contributed by atoms with E-state index in [0.717, 1.165) is 5.75 Å². The van der Waals surface area contributed by atoms with Gasteiger partial charge in [0, 0.05) is 17.7 Å². The van der Waals surface area contributed by atoms with E-state index < -0.39 is 0 Å². The SMILES string of the molecule is CC(C)(C)c1nnc(SCCN)o1. The first kappa shape index (κ1) is 10.5. The Balaban J connectivity index is 2.64. The van der Waals surface area contributed by atoms with Crippen LogP contribution < -0.4 is 5.73 Å². The van der Waals surface area contributed by atoms with Gasteiger partial charge in [0.05, 0.1) is 0 Å². The lowest BCUT2D eigenvalue weighted by Crippen LogP contribution is -2.11. The van der Waals surface area contributed by atoms with E-state index in [1.165, 1.54) is 11.8 Å². The molecule has 0 aliphatic rings. The molecule has 0 fully saturated rings. The molecule has 5 heteroatoms. The summed E-state index contributed by atoms with van der Waals surface area (Å²) in [6, 6.07) is 0. The van der Waals surface area contributed by atoms with Crippen LogP contribution >= 0.6 is 11.8 Å². The Hall–Kier alpha value is -0.550. The van der Waals surface area contributed by atoms with Crippen molar-refractivity contribution in [1.29, 1.82) is 0 Å². The largest absolute Gasteiger partial charge is 0.415 e. The van der Waals surface area contributed by atoms with Gasteiger partial charge < -0.3 is 10.2 Å². The van der Waals surface area contributed by atoms with Gasteiger partial charge in [0.2, 0.25) is 5.89 Å². The summed E-state index contributed by atoms with van der Waals surface area (Å²) >= 11 is 1.49. The maximum absolute atomic E-state index is 5.44. The van der Waals surface area contributed by atoms with Crippen LogP contribution in [0.5, 0.6) is 0 Å². The van der Waals surface area contributed by atoms with E-state index in [2.05, 4.69) is 10.2 Å². The van der Waals surface area contributed by atoms with Crippen molar-refractivity contribution in [2.45, 2.75) is 31.4 Å². The number of hydrogen-bond donors (Lipinski definition) is 1. The maximum Gasteiger partial charge on any atom is 0.276 e. The van der Waals surface area contributed by atoms with Crippen molar-refractivity contribution in [3.63, 3.8) is 0 Å². The summed E-state index contributed by atoms with van der Waals surface area (Å²) in [5.41, 5.74) is 5.28. The lowest BCUT2D eigenvalue weighted by Gasteiger charge is -2.10. The van der Waals surface area contributed by atoms with E-state index in [-0.39, 0.29) is 5.41 Å². The van der Waals surface area contributed by atoms with Gasteiger partial charge in [-0.2, -0.15) is 0 Å². The summed E-state index contributed by atoms with van der Waals surface area (Å²) in [6.07, 6.45) is 0. The van der Waals surface area contributed by atoms with Crippen LogP contribution in [0.3, 0.4) is 0 Å². The molecule has 1 aromatic rings. The van der Waals surface area contributed by atoms with Gasteiger partial charge >= 0.3 is 0 Å². The van der Waals surface area contributed by atoms with Crippen molar-refractivity contribution >= 4 is 11.8 Å². The quantitative estimate of drug-likeness (QED) is 0.749. The smallest absolute Gasteiger partial charge is 0.276 e. The Morgan fingerprint density at radius 3 is 2.54 bits per heavy atom. The fourth-order valence-electron chi connectivity index (χ4n) is 0.717. The third kappa shape index (κ3) is 3.00. The standard InChI is InChI=1S/C8H15N3OS/c1-8(2,3)6-10-11-7(12-6)13-5-4-9/h4-5,9H2,1-3H3. The van der Waals surface area contributed by atoms with Crippen molar-refractivity contribution in [1.82, 2.24) is 10.2 Å². The van der Waals surface area contributed by atoms with Gasteiger partial charge in [-0.25, -0.2) is 0 Å². The van der Waals surface area contributed by atoms with Gasteiger partial charge in [-0.1, -0.05) is 32.5 Å². The topological polar surface area (TPSA) is 64.9 Å². The highest BCUT2D eigenvalue weighted by molar-refractivity contribution is 7.99. The first-order valence-electron chi connectivity index (χ1n) is 4.21. The fourth-order valence-corrected chi connectivity index (χ4v) is 1.25. The molecule has 0 spiro atoms. The summed E-state index contributed by atoms with van der Waals surface area (Å²) in [4.78, 5) is 0. The molecule has 0 aliphatic heterocycles. The lowest BCUT2D eigenvalue weighted by atomic mass is 9.97. The normalized spacial score (nSPS) is 12.0. The number of nitrogens with two attached hydrogens (primary N) is 1. The molecule has 2 N–H and O–H groups in total. The summed E-state index contributed by atoms with van der Waals surface area (Å²) in [7, 11) is 0. The Bertz CT molecular complexity index is 267. The molecular formula is C8H15N3OS. The van der Waals surface area contributed by atoms with Crippen molar-refractivity contribution < 1.29 is 4.42 Å². The van der Waals surface area contributed by atoms with E-state index in [9.17, 15) is 0 Å². The second-order valence-corrected chi connectivity index (χ2v) is 4.81. The summed E-state index contributed by atoms with van der Waals surface area (Å²) in [6.45, 7) is 6.74. The van der Waals surface area contributed by atoms with Crippen LogP contribution in [0.4, 0.5) is 0 Å². The molecule has 0 aliphatic carbocycles. The first-order valence-corrected chi connectivity index (χ1v) is 5.19. The number of nitrogens with zero attached hydrogens (tertiary/aromatic N) is 2. The predicted molar refractivity (Wildman–Crippen MR) is 52.8 cm³/mol. The maximum atomic E-state index is 5.44. The van der Waals surface area contributed by atoms with E-state index in [1.807, 2.05) is 20.8 Å². The summed E-state index contributed by atoms with van der Waals surface area (Å²) in [5.74, 6) is 1.48. The first-order chi connectivity index (χ1) is 6.04. The molecule has 0 saturated heterocycles. The number of aromatic nitrogens is 2. The molecule has 13 heavy (non-hydrogen) atoms. The third-order valence-electron chi connectivity index (χ3n) is 1.39. The highest BCUT2D eigenvalue weighted by atomic mass is 32.2. The van der Waals surface area contributed by atoms with Crippen LogP contribution in [-0.2, 0) is 5.41 Å². The van der Waals surface area contributed by atoms with Crippen molar-refractivity contribution in [2.75, 3.05) is 12.3 Å². The Kier molecular flexibility index (Phi) is 3.33. The minimum absolute atomic E-state index is 0.0749. The van der Waals surface area contributed by atoms with E-state index >= 15 is 0 Å². The minimum Gasteiger partial charge on any atom is -0.415 e. The number of rotatable bonds is 3. The van der Waals surface area contributed by atoms with Crippen molar-refractivity contribution in [3.05, 3.63) is 5.89 Å². The molecular weight excluding hydrogens is 186 g/mol. The second kappa shape index (κ2) is 4.11. The molecule has 0 atom stereocenters. The van der Waals surface area contributed by atoms with E-state index in [4.69, 9.17) is 10.2 Å². The molecule has 0 unspecified atom stereocenters. The molecule has 74 valence electrons. The van der Waals surface area contributed by atoms with E-state index in [0.29, 0.717) is 17.7 Å². The van der Waals surface area contributed by atoms with Gasteiger partial charge in [-0.05, 0) is 0 Å². The highest BCUT2D eigenvalue weighted by Gasteiger charge is 2.21. The number of hydrogen-bond acceptors (Lipinski definition) is 5. The van der Waals surface area contributed by atoms with Gasteiger partial charge in [0.1, 0.15) is 0 Å². The zero-order valence-electron chi connectivity index (χ0n) is 8.20. The molecule has 1 aromatic heterocycles. The van der Waals surface area contributed by atoms with Crippen LogP contribution in [-0.4, -0.2) is 22.5 Å². The molecule has 0 radical (unpaired) electrons. The summed E-state index contributed by atoms with van der Waals surface area (Å²) in [5, 5.41) is 8.48. The third-order valence-corrected chi connectivity index (χ3v) is 2.24. The second-order valence-electron chi connectivity index (χ2n) is 3.76. The molecule has 1 rings (SSSR count). The fraction of sp³-hybridized carbons (Fsp3) is 0.750. The molecule has 1 heterocycles. The van der Waals surface area contributed by atoms with Crippen LogP contribution in [0.2, 0.25) is 0 Å². The minimum atomic E-state index is -0.0749.